The number of anilines is 1. The van der Waals surface area contributed by atoms with Gasteiger partial charge in [-0.25, -0.2) is 0 Å². The van der Waals surface area contributed by atoms with Gasteiger partial charge in [0.05, 0.1) is 11.1 Å². The van der Waals surface area contributed by atoms with E-state index in [1.807, 2.05) is 6.07 Å². The van der Waals surface area contributed by atoms with E-state index in [-0.39, 0.29) is 18.7 Å². The molecule has 3 N–H and O–H groups in total. The Morgan fingerprint density at radius 3 is 2.15 bits per heavy atom. The summed E-state index contributed by atoms with van der Waals surface area (Å²) < 4.78 is 0. The molecule has 1 unspecified atom stereocenters. The molecule has 0 radical (unpaired) electrons. The van der Waals surface area contributed by atoms with Gasteiger partial charge in [0, 0.05) is 57.4 Å². The zero-order chi connectivity index (χ0) is 23.8. The quantitative estimate of drug-likeness (QED) is 0.562. The van der Waals surface area contributed by atoms with Crippen LogP contribution >= 0.6 is 0 Å². The maximum Gasteiger partial charge on any atom is 0.262 e. The van der Waals surface area contributed by atoms with Crippen LogP contribution in [-0.2, 0) is 9.59 Å². The van der Waals surface area contributed by atoms with Crippen LogP contribution in [0.4, 0.5) is 5.69 Å². The van der Waals surface area contributed by atoms with Crippen molar-refractivity contribution >= 4 is 29.3 Å². The molecule has 3 fully saturated rings. The van der Waals surface area contributed by atoms with Crippen LogP contribution in [0.5, 0.6) is 0 Å². The Balaban J connectivity index is 1.19. The highest BCUT2D eigenvalue weighted by Gasteiger charge is 2.44. The minimum absolute atomic E-state index is 0.116. The fourth-order valence-electron chi connectivity index (χ4n) is 5.34. The highest BCUT2D eigenvalue weighted by molar-refractivity contribution is 6.23. The molecule has 0 aliphatic carbocycles. The Labute approximate surface area is 199 Å². The lowest BCUT2D eigenvalue weighted by Crippen LogP contribution is -2.54. The second kappa shape index (κ2) is 9.44. The molecule has 4 amide bonds. The third-order valence-corrected chi connectivity index (χ3v) is 7.53. The van der Waals surface area contributed by atoms with E-state index in [4.69, 9.17) is 5.73 Å². The molecular formula is C24H32N6O4. The average molecular weight is 469 g/mol. The zero-order valence-corrected chi connectivity index (χ0v) is 19.4. The van der Waals surface area contributed by atoms with Gasteiger partial charge >= 0.3 is 0 Å². The lowest BCUT2D eigenvalue weighted by atomic mass is 10.0. The summed E-state index contributed by atoms with van der Waals surface area (Å²) in [6.07, 6.45) is 2.43. The van der Waals surface area contributed by atoms with E-state index in [2.05, 4.69) is 20.0 Å². The van der Waals surface area contributed by atoms with Crippen LogP contribution in [0, 0.1) is 0 Å². The molecule has 1 aromatic rings. The van der Waals surface area contributed by atoms with Crippen molar-refractivity contribution in [3.8, 4) is 0 Å². The van der Waals surface area contributed by atoms with Gasteiger partial charge in [-0.1, -0.05) is 0 Å². The molecule has 0 bridgehead atoms. The first-order valence-electron chi connectivity index (χ1n) is 12.2. The summed E-state index contributed by atoms with van der Waals surface area (Å²) in [5.41, 5.74) is 7.56. The smallest absolute Gasteiger partial charge is 0.262 e. The predicted molar refractivity (Wildman–Crippen MR) is 125 cm³/mol. The topological polar surface area (TPSA) is 119 Å². The Morgan fingerprint density at radius 2 is 1.47 bits per heavy atom. The fraction of sp³-hybridized carbons (Fsp3) is 0.583. The first-order chi connectivity index (χ1) is 16.4. The second-order valence-corrected chi connectivity index (χ2v) is 9.68. The maximum absolute atomic E-state index is 13.1. The number of nitrogens with one attached hydrogen (secondary N) is 1. The summed E-state index contributed by atoms with van der Waals surface area (Å²) >= 11 is 0. The van der Waals surface area contributed by atoms with Gasteiger partial charge in [-0.05, 0) is 50.6 Å². The van der Waals surface area contributed by atoms with E-state index in [0.29, 0.717) is 17.2 Å². The summed E-state index contributed by atoms with van der Waals surface area (Å²) in [6.45, 7) is 7.86. The molecule has 0 saturated carbocycles. The molecule has 1 atom stereocenters. The molecule has 3 saturated heterocycles. The van der Waals surface area contributed by atoms with E-state index in [1.54, 1.807) is 12.1 Å². The Hall–Kier alpha value is -2.82. The van der Waals surface area contributed by atoms with Gasteiger partial charge in [0.2, 0.25) is 11.8 Å². The highest BCUT2D eigenvalue weighted by Crippen LogP contribution is 2.31. The number of hydrogen-bond donors (Lipinski definition) is 2. The molecular weight excluding hydrogens is 436 g/mol. The van der Waals surface area contributed by atoms with Crippen LogP contribution in [0.3, 0.4) is 0 Å². The number of likely N-dealkylation sites (tertiary alicyclic amines) is 1. The predicted octanol–water partition coefficient (Wildman–Crippen LogP) is -0.367. The summed E-state index contributed by atoms with van der Waals surface area (Å²) in [5.74, 6) is -1.89. The average Bonchev–Trinajstić information content (AvgIpc) is 3.08. The van der Waals surface area contributed by atoms with Crippen molar-refractivity contribution in [2.24, 2.45) is 5.73 Å². The van der Waals surface area contributed by atoms with Crippen molar-refractivity contribution in [3.63, 3.8) is 0 Å². The first kappa shape index (κ1) is 22.9. The lowest BCUT2D eigenvalue weighted by Gasteiger charge is -2.38. The van der Waals surface area contributed by atoms with Crippen LogP contribution in [-0.4, -0.2) is 103 Å². The minimum atomic E-state index is -0.937. The molecule has 10 heteroatoms. The standard InChI is InChI=1S/C24H32N6O4/c25-16-5-7-27(8-6-16)9-10-28-11-13-29(14-12-28)17-1-2-18-19(15-17)24(34)30(23(18)33)20-3-4-21(31)26-22(20)32/h1-2,15-16,20H,3-14,25H2,(H,26,31,32). The number of nitrogens with two attached hydrogens (primary N) is 1. The molecule has 182 valence electrons. The maximum atomic E-state index is 13.1. The van der Waals surface area contributed by atoms with Gasteiger partial charge in [-0.3, -0.25) is 34.3 Å². The van der Waals surface area contributed by atoms with E-state index in [1.165, 1.54) is 0 Å². The normalized spacial score (nSPS) is 25.1. The number of rotatable bonds is 5. The van der Waals surface area contributed by atoms with Crippen molar-refractivity contribution in [1.29, 1.82) is 0 Å². The van der Waals surface area contributed by atoms with Gasteiger partial charge in [-0.2, -0.15) is 0 Å². The third kappa shape index (κ3) is 4.45. The number of carbonyl (C=O) groups is 4. The Kier molecular flexibility index (Phi) is 6.37. The van der Waals surface area contributed by atoms with Crippen LogP contribution in [0.25, 0.3) is 0 Å². The molecule has 4 heterocycles. The summed E-state index contributed by atoms with van der Waals surface area (Å²) in [5, 5.41) is 2.23. The number of fused-ring (bicyclic) bond motifs is 1. The minimum Gasteiger partial charge on any atom is -0.369 e. The second-order valence-electron chi connectivity index (χ2n) is 9.68. The molecule has 10 nitrogen and oxygen atoms in total. The Bertz CT molecular complexity index is 997. The van der Waals surface area contributed by atoms with Crippen LogP contribution in [0.15, 0.2) is 18.2 Å². The van der Waals surface area contributed by atoms with E-state index in [9.17, 15) is 19.2 Å². The molecule has 5 rings (SSSR count). The summed E-state index contributed by atoms with van der Waals surface area (Å²) in [4.78, 5) is 57.9. The van der Waals surface area contributed by atoms with Crippen molar-refractivity contribution in [3.05, 3.63) is 29.3 Å². The van der Waals surface area contributed by atoms with Crippen molar-refractivity contribution < 1.29 is 19.2 Å². The molecule has 34 heavy (non-hydrogen) atoms. The van der Waals surface area contributed by atoms with E-state index in [0.717, 1.165) is 75.8 Å². The van der Waals surface area contributed by atoms with Crippen LogP contribution in [0.2, 0.25) is 0 Å². The largest absolute Gasteiger partial charge is 0.369 e. The number of nitrogens with zero attached hydrogens (tertiary/aromatic N) is 4. The third-order valence-electron chi connectivity index (χ3n) is 7.53. The van der Waals surface area contributed by atoms with Gasteiger partial charge in [0.15, 0.2) is 0 Å². The summed E-state index contributed by atoms with van der Waals surface area (Å²) in [6, 6.07) is 4.75. The molecule has 1 aromatic carbocycles. The highest BCUT2D eigenvalue weighted by atomic mass is 16.2. The van der Waals surface area contributed by atoms with Gasteiger partial charge < -0.3 is 15.5 Å². The van der Waals surface area contributed by atoms with Crippen molar-refractivity contribution in [1.82, 2.24) is 20.0 Å². The lowest BCUT2D eigenvalue weighted by molar-refractivity contribution is -0.136. The van der Waals surface area contributed by atoms with E-state index >= 15 is 0 Å². The first-order valence-corrected chi connectivity index (χ1v) is 12.2. The number of imide groups is 2. The molecule has 4 aliphatic heterocycles. The number of hydrogen-bond acceptors (Lipinski definition) is 8. The molecule has 0 spiro atoms. The number of amides is 4. The van der Waals surface area contributed by atoms with Crippen LogP contribution in [0.1, 0.15) is 46.4 Å². The van der Waals surface area contributed by atoms with Gasteiger partial charge in [0.25, 0.3) is 11.8 Å². The van der Waals surface area contributed by atoms with Crippen LogP contribution < -0.4 is 16.0 Å². The Morgan fingerprint density at radius 1 is 0.824 bits per heavy atom. The molecule has 4 aliphatic rings. The zero-order valence-electron chi connectivity index (χ0n) is 19.4. The molecule has 0 aromatic heterocycles. The van der Waals surface area contributed by atoms with Crippen molar-refractivity contribution in [2.45, 2.75) is 37.8 Å². The number of piperidine rings is 2. The number of benzene rings is 1. The fourth-order valence-corrected chi connectivity index (χ4v) is 5.34. The van der Waals surface area contributed by atoms with Crippen molar-refractivity contribution in [2.75, 3.05) is 57.3 Å². The number of piperazine rings is 1. The SMILES string of the molecule is NC1CCN(CCN2CCN(c3ccc4c(c3)C(=O)N(C3CCC(=O)NC3=O)C4=O)CC2)CC1. The van der Waals surface area contributed by atoms with E-state index < -0.39 is 23.8 Å². The number of carbonyl (C=O) groups excluding carboxylic acids is 4. The summed E-state index contributed by atoms with van der Waals surface area (Å²) in [7, 11) is 0. The van der Waals surface area contributed by atoms with Gasteiger partial charge in [0.1, 0.15) is 6.04 Å². The monoisotopic (exact) mass is 468 g/mol. The van der Waals surface area contributed by atoms with Gasteiger partial charge in [-0.15, -0.1) is 0 Å².